The van der Waals surface area contributed by atoms with Crippen molar-refractivity contribution in [3.8, 4) is 0 Å². The van der Waals surface area contributed by atoms with Gasteiger partial charge < -0.3 is 14.2 Å². The van der Waals surface area contributed by atoms with Crippen molar-refractivity contribution in [2.45, 2.75) is 259 Å². The molecule has 0 aromatic carbocycles. The van der Waals surface area contributed by atoms with Gasteiger partial charge in [0.15, 0.2) is 6.10 Å². The van der Waals surface area contributed by atoms with E-state index in [1.54, 1.807) is 0 Å². The molecule has 0 radical (unpaired) electrons. The molecule has 0 N–H and O–H groups in total. The number of unbranched alkanes of at least 4 members (excludes halogenated alkanes) is 25. The highest BCUT2D eigenvalue weighted by molar-refractivity contribution is 5.71. The summed E-state index contributed by atoms with van der Waals surface area (Å²) in [7, 11) is 0. The Bertz CT molecular complexity index is 811. The van der Waals surface area contributed by atoms with Gasteiger partial charge in [-0.25, -0.2) is 0 Å². The van der Waals surface area contributed by atoms with Crippen LogP contribution in [0.25, 0.3) is 0 Å². The van der Waals surface area contributed by atoms with Gasteiger partial charge in [-0.1, -0.05) is 214 Å². The molecule has 0 saturated carbocycles. The van der Waals surface area contributed by atoms with Crippen LogP contribution in [-0.4, -0.2) is 37.2 Å². The smallest absolute Gasteiger partial charge is 0.306 e. The van der Waals surface area contributed by atoms with Crippen molar-refractivity contribution in [2.24, 2.45) is 11.8 Å². The van der Waals surface area contributed by atoms with Crippen molar-refractivity contribution < 1.29 is 28.6 Å². The maximum atomic E-state index is 12.7. The average Bonchev–Trinajstić information content (AvgIpc) is 3.14. The number of hydrogen-bond donors (Lipinski definition) is 0. The highest BCUT2D eigenvalue weighted by Crippen LogP contribution is 2.17. The van der Waals surface area contributed by atoms with E-state index in [-0.39, 0.29) is 31.1 Å². The fourth-order valence-electron chi connectivity index (χ4n) is 6.90. The number of carbonyl (C=O) groups excluding carboxylic acids is 3. The van der Waals surface area contributed by atoms with Crippen LogP contribution in [0.1, 0.15) is 253 Å². The summed E-state index contributed by atoms with van der Waals surface area (Å²) >= 11 is 0. The maximum Gasteiger partial charge on any atom is 0.306 e. The Kier molecular flexibility index (Phi) is 38.9. The minimum absolute atomic E-state index is 0.0662. The monoisotopic (exact) mass is 751 g/mol. The van der Waals surface area contributed by atoms with E-state index >= 15 is 0 Å². The molecule has 2 atom stereocenters. The Morgan fingerprint density at radius 2 is 0.717 bits per heavy atom. The van der Waals surface area contributed by atoms with Crippen molar-refractivity contribution in [3.63, 3.8) is 0 Å². The maximum absolute atomic E-state index is 12.7. The number of esters is 3. The van der Waals surface area contributed by atoms with Gasteiger partial charge in [0.05, 0.1) is 0 Å². The molecule has 0 aromatic heterocycles. The van der Waals surface area contributed by atoms with Crippen LogP contribution >= 0.6 is 0 Å². The van der Waals surface area contributed by atoms with Gasteiger partial charge in [-0.3, -0.25) is 14.4 Å². The van der Waals surface area contributed by atoms with E-state index in [0.717, 1.165) is 69.6 Å². The van der Waals surface area contributed by atoms with Gasteiger partial charge in [0.25, 0.3) is 0 Å². The summed E-state index contributed by atoms with van der Waals surface area (Å²) in [6.45, 7) is 11.2. The van der Waals surface area contributed by atoms with E-state index in [9.17, 15) is 14.4 Å². The zero-order valence-electron chi connectivity index (χ0n) is 36.1. The molecule has 0 rings (SSSR count). The first-order valence-corrected chi connectivity index (χ1v) is 23.3. The van der Waals surface area contributed by atoms with Crippen LogP contribution in [0.5, 0.6) is 0 Å². The van der Waals surface area contributed by atoms with Gasteiger partial charge in [-0.15, -0.1) is 0 Å². The molecule has 6 nitrogen and oxygen atoms in total. The quantitative estimate of drug-likeness (QED) is 0.0352. The van der Waals surface area contributed by atoms with E-state index in [0.29, 0.717) is 19.3 Å². The first-order chi connectivity index (χ1) is 25.8. The van der Waals surface area contributed by atoms with Gasteiger partial charge in [0, 0.05) is 19.3 Å². The zero-order valence-corrected chi connectivity index (χ0v) is 36.1. The van der Waals surface area contributed by atoms with Crippen molar-refractivity contribution in [3.05, 3.63) is 0 Å². The van der Waals surface area contributed by atoms with Crippen LogP contribution in [0, 0.1) is 11.8 Å². The first-order valence-electron chi connectivity index (χ1n) is 23.3. The van der Waals surface area contributed by atoms with Crippen molar-refractivity contribution in [1.82, 2.24) is 0 Å². The first kappa shape index (κ1) is 51.4. The predicted molar refractivity (Wildman–Crippen MR) is 224 cm³/mol. The Labute approximate surface area is 329 Å². The fraction of sp³-hybridized carbons (Fsp3) is 0.936. The highest BCUT2D eigenvalue weighted by atomic mass is 16.6. The fourth-order valence-corrected chi connectivity index (χ4v) is 6.90. The molecule has 6 heteroatoms. The third-order valence-corrected chi connectivity index (χ3v) is 10.8. The number of carbonyl (C=O) groups is 3. The molecule has 0 aliphatic carbocycles. The topological polar surface area (TPSA) is 78.9 Å². The second-order valence-corrected chi connectivity index (χ2v) is 16.8. The van der Waals surface area contributed by atoms with E-state index in [1.165, 1.54) is 141 Å². The summed E-state index contributed by atoms with van der Waals surface area (Å²) in [5.41, 5.74) is 0. The molecule has 1 unspecified atom stereocenters. The Hall–Kier alpha value is -1.59. The minimum Gasteiger partial charge on any atom is -0.462 e. The molecule has 314 valence electrons. The molecule has 0 bridgehead atoms. The molecule has 0 aromatic rings. The lowest BCUT2D eigenvalue weighted by Crippen LogP contribution is -2.30. The van der Waals surface area contributed by atoms with Crippen molar-refractivity contribution >= 4 is 17.9 Å². The standard InChI is InChI=1S/C47H90O6/c1-6-8-9-10-11-12-13-14-15-16-17-18-19-20-27-32-37-45(48)51-40-44(41-52-46(49)38-33-28-23-21-25-30-35-42(3)4)53-47(50)39-34-29-24-22-26-31-36-43(5)7-2/h42-44H,6-41H2,1-5H3/t43?,44-/m0/s1. The third-order valence-electron chi connectivity index (χ3n) is 10.8. The largest absolute Gasteiger partial charge is 0.462 e. The summed E-state index contributed by atoms with van der Waals surface area (Å²) < 4.78 is 16.7. The molecular formula is C47H90O6. The molecular weight excluding hydrogens is 661 g/mol. The number of ether oxygens (including phenoxy) is 3. The molecule has 0 heterocycles. The van der Waals surface area contributed by atoms with Gasteiger partial charge >= 0.3 is 17.9 Å². The summed E-state index contributed by atoms with van der Waals surface area (Å²) in [5, 5.41) is 0. The minimum atomic E-state index is -0.761. The summed E-state index contributed by atoms with van der Waals surface area (Å²) in [4.78, 5) is 37.7. The molecule has 53 heavy (non-hydrogen) atoms. The van der Waals surface area contributed by atoms with E-state index in [4.69, 9.17) is 14.2 Å². The van der Waals surface area contributed by atoms with Crippen LogP contribution in [0.3, 0.4) is 0 Å². The van der Waals surface area contributed by atoms with Crippen molar-refractivity contribution in [2.75, 3.05) is 13.2 Å². The zero-order chi connectivity index (χ0) is 39.0. The Morgan fingerprint density at radius 1 is 0.396 bits per heavy atom. The van der Waals surface area contributed by atoms with Crippen molar-refractivity contribution in [1.29, 1.82) is 0 Å². The summed E-state index contributed by atoms with van der Waals surface area (Å²) in [5.74, 6) is 0.709. The average molecular weight is 751 g/mol. The molecule has 0 fully saturated rings. The second-order valence-electron chi connectivity index (χ2n) is 16.8. The molecule has 0 saturated heterocycles. The van der Waals surface area contributed by atoms with Gasteiger partial charge in [-0.05, 0) is 31.1 Å². The molecule has 0 aliphatic rings. The SMILES string of the molecule is CCCCCCCCCCCCCCCCCCC(=O)OC[C@@H](COC(=O)CCCCCCCCC(C)C)OC(=O)CCCCCCCCC(C)CC. The van der Waals surface area contributed by atoms with Gasteiger partial charge in [0.1, 0.15) is 13.2 Å². The van der Waals surface area contributed by atoms with Crippen LogP contribution in [0.2, 0.25) is 0 Å². The van der Waals surface area contributed by atoms with E-state index in [2.05, 4.69) is 34.6 Å². The van der Waals surface area contributed by atoms with E-state index < -0.39 is 6.10 Å². The summed E-state index contributed by atoms with van der Waals surface area (Å²) in [6, 6.07) is 0. The van der Waals surface area contributed by atoms with Crippen LogP contribution in [-0.2, 0) is 28.6 Å². The van der Waals surface area contributed by atoms with Crippen LogP contribution < -0.4 is 0 Å². The predicted octanol–water partition coefficient (Wildman–Crippen LogP) is 14.6. The van der Waals surface area contributed by atoms with Gasteiger partial charge in [-0.2, -0.15) is 0 Å². The highest BCUT2D eigenvalue weighted by Gasteiger charge is 2.19. The molecule has 0 aliphatic heterocycles. The van der Waals surface area contributed by atoms with Crippen LogP contribution in [0.15, 0.2) is 0 Å². The summed E-state index contributed by atoms with van der Waals surface area (Å²) in [6.07, 6.45) is 38.2. The Balaban J connectivity index is 4.27. The molecule has 0 amide bonds. The lowest BCUT2D eigenvalue weighted by atomic mass is 10.00. The second kappa shape index (κ2) is 40.1. The van der Waals surface area contributed by atoms with E-state index in [1.807, 2.05) is 0 Å². The van der Waals surface area contributed by atoms with Gasteiger partial charge in [0.2, 0.25) is 0 Å². The number of rotatable bonds is 41. The lowest BCUT2D eigenvalue weighted by Gasteiger charge is -2.18. The lowest BCUT2D eigenvalue weighted by molar-refractivity contribution is -0.167. The third kappa shape index (κ3) is 39.9. The normalized spacial score (nSPS) is 12.6. The molecule has 0 spiro atoms. The van der Waals surface area contributed by atoms with Crippen LogP contribution in [0.4, 0.5) is 0 Å². The number of hydrogen-bond acceptors (Lipinski definition) is 6. The Morgan fingerprint density at radius 3 is 1.08 bits per heavy atom.